The van der Waals surface area contributed by atoms with Crippen LogP contribution in [0.2, 0.25) is 0 Å². The number of hydrogen-bond donors (Lipinski definition) is 1. The molecule has 0 saturated heterocycles. The maximum Gasteiger partial charge on any atom is 0.311 e. The zero-order valence-corrected chi connectivity index (χ0v) is 25.3. The second kappa shape index (κ2) is 17.3. The second-order valence-corrected chi connectivity index (χ2v) is 11.0. The van der Waals surface area contributed by atoms with Crippen LogP contribution in [0.5, 0.6) is 5.75 Å². The van der Waals surface area contributed by atoms with Crippen molar-refractivity contribution in [1.29, 1.82) is 0 Å². The number of benzene rings is 4. The van der Waals surface area contributed by atoms with Crippen molar-refractivity contribution in [2.45, 2.75) is 50.9 Å². The molecular formula is C36H40F2N2O5. The van der Waals surface area contributed by atoms with E-state index in [1.165, 1.54) is 18.2 Å². The molecule has 0 heterocycles. The van der Waals surface area contributed by atoms with E-state index in [2.05, 4.69) is 4.90 Å². The minimum Gasteiger partial charge on any atom is -0.482 e. The normalized spacial score (nSPS) is 12.3. The molecule has 1 atom stereocenters. The average molecular weight is 619 g/mol. The molecule has 0 saturated carbocycles. The van der Waals surface area contributed by atoms with Gasteiger partial charge in [-0.3, -0.25) is 15.0 Å². The summed E-state index contributed by atoms with van der Waals surface area (Å²) in [5, 5.41) is 23.0. The van der Waals surface area contributed by atoms with Gasteiger partial charge in [-0.2, -0.15) is 8.78 Å². The van der Waals surface area contributed by atoms with Crippen LogP contribution >= 0.6 is 0 Å². The van der Waals surface area contributed by atoms with Crippen LogP contribution in [0.1, 0.15) is 54.0 Å². The molecule has 4 aromatic carbocycles. The monoisotopic (exact) mass is 618 g/mol. The summed E-state index contributed by atoms with van der Waals surface area (Å²) in [6, 6.07) is 31.6. The number of unbranched alkanes of at least 4 members (excludes halogenated alkanes) is 3. The summed E-state index contributed by atoms with van der Waals surface area (Å²) in [5.41, 5.74) is 2.18. The van der Waals surface area contributed by atoms with Gasteiger partial charge in [-0.1, -0.05) is 110 Å². The van der Waals surface area contributed by atoms with Gasteiger partial charge in [0.1, 0.15) is 13.2 Å². The van der Waals surface area contributed by atoms with Crippen molar-refractivity contribution in [3.63, 3.8) is 0 Å². The van der Waals surface area contributed by atoms with E-state index in [0.717, 1.165) is 30.4 Å². The molecule has 0 aromatic heterocycles. The van der Waals surface area contributed by atoms with Crippen molar-refractivity contribution < 1.29 is 28.3 Å². The Morgan fingerprint density at radius 1 is 0.822 bits per heavy atom. The predicted octanol–water partition coefficient (Wildman–Crippen LogP) is 8.08. The Balaban J connectivity index is 1.27. The molecule has 238 valence electrons. The minimum atomic E-state index is -3.02. The Morgan fingerprint density at radius 3 is 2.11 bits per heavy atom. The second-order valence-electron chi connectivity index (χ2n) is 11.0. The highest BCUT2D eigenvalue weighted by atomic mass is 19.3. The number of ether oxygens (including phenoxy) is 2. The van der Waals surface area contributed by atoms with E-state index in [1.807, 2.05) is 60.7 Å². The largest absolute Gasteiger partial charge is 0.482 e. The Bertz CT molecular complexity index is 1440. The summed E-state index contributed by atoms with van der Waals surface area (Å²) >= 11 is 0. The van der Waals surface area contributed by atoms with Crippen LogP contribution in [0.15, 0.2) is 109 Å². The number of aliphatic hydroxyl groups is 1. The summed E-state index contributed by atoms with van der Waals surface area (Å²) in [6.07, 6.45) is 2.27. The highest BCUT2D eigenvalue weighted by molar-refractivity contribution is 5.49. The molecule has 0 amide bonds. The number of rotatable bonds is 19. The van der Waals surface area contributed by atoms with Crippen LogP contribution in [-0.4, -0.2) is 41.2 Å². The molecular weight excluding hydrogens is 578 g/mol. The number of halogens is 2. The molecule has 0 aliphatic heterocycles. The van der Waals surface area contributed by atoms with Crippen molar-refractivity contribution in [2.24, 2.45) is 0 Å². The van der Waals surface area contributed by atoms with Gasteiger partial charge in [0, 0.05) is 31.3 Å². The van der Waals surface area contributed by atoms with E-state index < -0.39 is 23.6 Å². The fraction of sp³-hybridized carbons (Fsp3) is 0.333. The van der Waals surface area contributed by atoms with Crippen LogP contribution in [0.25, 0.3) is 0 Å². The van der Waals surface area contributed by atoms with Gasteiger partial charge in [0.05, 0.1) is 11.0 Å². The zero-order chi connectivity index (χ0) is 31.9. The predicted molar refractivity (Wildman–Crippen MR) is 170 cm³/mol. The molecule has 4 rings (SSSR count). The first-order valence-corrected chi connectivity index (χ1v) is 15.2. The molecule has 0 aliphatic rings. The molecule has 4 aromatic rings. The van der Waals surface area contributed by atoms with Crippen LogP contribution in [-0.2, 0) is 23.8 Å². The molecule has 0 aliphatic carbocycles. The summed E-state index contributed by atoms with van der Waals surface area (Å²) in [5.74, 6) is -2.87. The first kappa shape index (κ1) is 33.7. The lowest BCUT2D eigenvalue weighted by molar-refractivity contribution is -0.386. The van der Waals surface area contributed by atoms with Gasteiger partial charge in [-0.15, -0.1) is 0 Å². The zero-order valence-electron chi connectivity index (χ0n) is 25.3. The lowest BCUT2D eigenvalue weighted by Gasteiger charge is -2.25. The standard InChI is InChI=1S/C36H40F2N2O5/c37-36(38,32-18-10-5-11-19-32)28-44-23-13-2-1-12-22-39(25-29-14-6-3-7-15-29)26-34(41)31-20-21-35(33(24-31)40(42)43)45-27-30-16-8-4-9-17-30/h3-11,14-21,24,34,41H,1-2,12-13,22-23,25-28H2/t34-/m1/s1. The quantitative estimate of drug-likeness (QED) is 0.0650. The van der Waals surface area contributed by atoms with Crippen molar-refractivity contribution in [1.82, 2.24) is 4.90 Å². The summed E-state index contributed by atoms with van der Waals surface area (Å²) in [7, 11) is 0. The Morgan fingerprint density at radius 2 is 1.44 bits per heavy atom. The van der Waals surface area contributed by atoms with E-state index in [9.17, 15) is 24.0 Å². The fourth-order valence-electron chi connectivity index (χ4n) is 5.03. The number of nitrogens with zero attached hydrogens (tertiary/aromatic N) is 2. The third-order valence-electron chi connectivity index (χ3n) is 7.47. The van der Waals surface area contributed by atoms with Gasteiger partial charge in [0.25, 0.3) is 5.92 Å². The highest BCUT2D eigenvalue weighted by Crippen LogP contribution is 2.32. The van der Waals surface area contributed by atoms with E-state index in [-0.39, 0.29) is 36.8 Å². The van der Waals surface area contributed by atoms with E-state index >= 15 is 0 Å². The molecule has 45 heavy (non-hydrogen) atoms. The molecule has 7 nitrogen and oxygen atoms in total. The number of hydrogen-bond acceptors (Lipinski definition) is 6. The maximum atomic E-state index is 14.3. The van der Waals surface area contributed by atoms with Crippen molar-refractivity contribution in [2.75, 3.05) is 26.3 Å². The summed E-state index contributed by atoms with van der Waals surface area (Å²) < 4.78 is 39.6. The fourth-order valence-corrected chi connectivity index (χ4v) is 5.03. The van der Waals surface area contributed by atoms with Gasteiger partial charge in [0.15, 0.2) is 5.75 Å². The topological polar surface area (TPSA) is 85.1 Å². The average Bonchev–Trinajstić information content (AvgIpc) is 3.06. The molecule has 0 spiro atoms. The summed E-state index contributed by atoms with van der Waals surface area (Å²) in [6.45, 7) is 1.40. The summed E-state index contributed by atoms with van der Waals surface area (Å²) in [4.78, 5) is 13.5. The molecule has 9 heteroatoms. The Kier molecular flexibility index (Phi) is 13.0. The van der Waals surface area contributed by atoms with E-state index in [1.54, 1.807) is 30.3 Å². The molecule has 0 radical (unpaired) electrons. The molecule has 0 fully saturated rings. The van der Waals surface area contributed by atoms with Gasteiger partial charge in [-0.25, -0.2) is 0 Å². The number of nitro benzene ring substituents is 1. The molecule has 0 bridgehead atoms. The Hall–Kier alpha value is -4.18. The molecule has 0 unspecified atom stereocenters. The first-order valence-electron chi connectivity index (χ1n) is 15.2. The van der Waals surface area contributed by atoms with Crippen molar-refractivity contribution in [3.05, 3.63) is 142 Å². The first-order chi connectivity index (χ1) is 21.8. The van der Waals surface area contributed by atoms with Crippen LogP contribution in [0, 0.1) is 10.1 Å². The number of nitro groups is 1. The third kappa shape index (κ3) is 11.0. The maximum absolute atomic E-state index is 14.3. The lowest BCUT2D eigenvalue weighted by Crippen LogP contribution is -2.29. The lowest BCUT2D eigenvalue weighted by atomic mass is 10.1. The minimum absolute atomic E-state index is 0.0485. The van der Waals surface area contributed by atoms with Crippen LogP contribution in [0.4, 0.5) is 14.5 Å². The van der Waals surface area contributed by atoms with Crippen molar-refractivity contribution in [3.8, 4) is 5.75 Å². The van der Waals surface area contributed by atoms with E-state index in [4.69, 9.17) is 9.47 Å². The highest BCUT2D eigenvalue weighted by Gasteiger charge is 2.31. The van der Waals surface area contributed by atoms with Gasteiger partial charge in [0.2, 0.25) is 0 Å². The smallest absolute Gasteiger partial charge is 0.311 e. The third-order valence-corrected chi connectivity index (χ3v) is 7.47. The van der Waals surface area contributed by atoms with Gasteiger partial charge in [-0.05, 0) is 42.1 Å². The SMILES string of the molecule is O=[N+]([O-])c1cc([C@H](O)CN(CCCCCCOCC(F)(F)c2ccccc2)Cc2ccccc2)ccc1OCc1ccccc1. The van der Waals surface area contributed by atoms with Crippen LogP contribution < -0.4 is 4.74 Å². The number of alkyl halides is 2. The Labute approximate surface area is 263 Å². The van der Waals surface area contributed by atoms with Gasteiger partial charge >= 0.3 is 5.69 Å². The molecule has 1 N–H and O–H groups in total. The number of aliphatic hydroxyl groups excluding tert-OH is 1. The van der Waals surface area contributed by atoms with Gasteiger partial charge < -0.3 is 14.6 Å². The van der Waals surface area contributed by atoms with E-state index in [0.29, 0.717) is 25.1 Å². The van der Waals surface area contributed by atoms with Crippen molar-refractivity contribution >= 4 is 5.69 Å². The van der Waals surface area contributed by atoms with Crippen LogP contribution in [0.3, 0.4) is 0 Å².